The van der Waals surface area contributed by atoms with Gasteiger partial charge in [0.2, 0.25) is 5.88 Å². The lowest BCUT2D eigenvalue weighted by atomic mass is 10.2. The number of carbonyl (C=O) groups is 1. The lowest BCUT2D eigenvalue weighted by Gasteiger charge is -2.28. The highest BCUT2D eigenvalue weighted by atomic mass is 16.6. The van der Waals surface area contributed by atoms with Gasteiger partial charge in [0.25, 0.3) is 0 Å². The maximum atomic E-state index is 12.2. The smallest absolute Gasteiger partial charge is 0.410 e. The van der Waals surface area contributed by atoms with Crippen molar-refractivity contribution in [3.05, 3.63) is 23.9 Å². The van der Waals surface area contributed by atoms with E-state index < -0.39 is 5.60 Å². The number of aromatic nitrogens is 1. The summed E-state index contributed by atoms with van der Waals surface area (Å²) in [5, 5.41) is 0. The van der Waals surface area contributed by atoms with E-state index in [4.69, 9.17) is 9.47 Å². The molecule has 1 atom stereocenters. The van der Waals surface area contributed by atoms with Crippen LogP contribution in [0.2, 0.25) is 0 Å². The fourth-order valence-electron chi connectivity index (χ4n) is 2.34. The van der Waals surface area contributed by atoms with Crippen LogP contribution in [-0.2, 0) is 4.74 Å². The third-order valence-electron chi connectivity index (χ3n) is 3.32. The standard InChI is InChI=1S/C16H24N2O3/c1-12-7-8-17-14(10-12)20-11-13-6-5-9-18(13)15(19)21-16(2,3)4/h7-8,10,13H,5-6,9,11H2,1-4H3. The van der Waals surface area contributed by atoms with Gasteiger partial charge in [-0.1, -0.05) is 0 Å². The number of nitrogens with zero attached hydrogens (tertiary/aromatic N) is 2. The van der Waals surface area contributed by atoms with E-state index in [9.17, 15) is 4.79 Å². The highest BCUT2D eigenvalue weighted by Crippen LogP contribution is 2.21. The van der Waals surface area contributed by atoms with Gasteiger partial charge in [0.1, 0.15) is 12.2 Å². The second kappa shape index (κ2) is 6.33. The lowest BCUT2D eigenvalue weighted by molar-refractivity contribution is 0.0186. The Bertz CT molecular complexity index is 497. The van der Waals surface area contributed by atoms with E-state index in [0.717, 1.165) is 24.9 Å². The van der Waals surface area contributed by atoms with Crippen LogP contribution >= 0.6 is 0 Å². The number of likely N-dealkylation sites (tertiary alicyclic amines) is 1. The zero-order chi connectivity index (χ0) is 15.5. The molecule has 0 aromatic carbocycles. The van der Waals surface area contributed by atoms with Crippen molar-refractivity contribution in [2.45, 2.75) is 52.2 Å². The lowest BCUT2D eigenvalue weighted by Crippen LogP contribution is -2.42. The van der Waals surface area contributed by atoms with E-state index in [0.29, 0.717) is 12.5 Å². The Morgan fingerprint density at radius 2 is 2.24 bits per heavy atom. The van der Waals surface area contributed by atoms with Gasteiger partial charge in [0.05, 0.1) is 6.04 Å². The van der Waals surface area contributed by atoms with Crippen LogP contribution in [0, 0.1) is 6.92 Å². The molecule has 0 spiro atoms. The Hall–Kier alpha value is -1.78. The third-order valence-corrected chi connectivity index (χ3v) is 3.32. The molecule has 1 fully saturated rings. The van der Waals surface area contributed by atoms with Crippen molar-refractivity contribution in [2.75, 3.05) is 13.2 Å². The molecule has 0 aliphatic carbocycles. The van der Waals surface area contributed by atoms with Crippen molar-refractivity contribution in [2.24, 2.45) is 0 Å². The number of rotatable bonds is 3. The summed E-state index contributed by atoms with van der Waals surface area (Å²) in [6, 6.07) is 3.88. The molecule has 1 aromatic heterocycles. The number of amides is 1. The van der Waals surface area contributed by atoms with Gasteiger partial charge in [-0.15, -0.1) is 0 Å². The topological polar surface area (TPSA) is 51.7 Å². The highest BCUT2D eigenvalue weighted by molar-refractivity contribution is 5.69. The zero-order valence-electron chi connectivity index (χ0n) is 13.3. The molecule has 2 heterocycles. The molecule has 1 saturated heterocycles. The highest BCUT2D eigenvalue weighted by Gasteiger charge is 2.32. The Balaban J connectivity index is 1.91. The van der Waals surface area contributed by atoms with Crippen LogP contribution in [0.3, 0.4) is 0 Å². The number of hydrogen-bond donors (Lipinski definition) is 0. The molecule has 0 saturated carbocycles. The maximum Gasteiger partial charge on any atom is 0.410 e. The largest absolute Gasteiger partial charge is 0.475 e. The molecule has 0 N–H and O–H groups in total. The molecule has 0 radical (unpaired) electrons. The van der Waals surface area contributed by atoms with Gasteiger partial charge in [-0.25, -0.2) is 9.78 Å². The van der Waals surface area contributed by atoms with Gasteiger partial charge in [-0.05, 0) is 52.2 Å². The summed E-state index contributed by atoms with van der Waals surface area (Å²) in [7, 11) is 0. The first-order chi connectivity index (χ1) is 9.85. The summed E-state index contributed by atoms with van der Waals surface area (Å²) in [5.41, 5.74) is 0.638. The minimum absolute atomic E-state index is 0.0576. The number of hydrogen-bond acceptors (Lipinski definition) is 4. The Morgan fingerprint density at radius 1 is 1.48 bits per heavy atom. The van der Waals surface area contributed by atoms with E-state index in [1.807, 2.05) is 39.8 Å². The molecule has 21 heavy (non-hydrogen) atoms. The van der Waals surface area contributed by atoms with Crippen LogP contribution in [-0.4, -0.2) is 40.8 Å². The number of carbonyl (C=O) groups excluding carboxylic acids is 1. The molecule has 5 nitrogen and oxygen atoms in total. The SMILES string of the molecule is Cc1ccnc(OCC2CCCN2C(=O)OC(C)(C)C)c1. The summed E-state index contributed by atoms with van der Waals surface area (Å²) in [6.45, 7) is 8.81. The average molecular weight is 292 g/mol. The van der Waals surface area contributed by atoms with Gasteiger partial charge >= 0.3 is 6.09 Å². The minimum Gasteiger partial charge on any atom is -0.475 e. The Kier molecular flexibility index (Phi) is 4.70. The fraction of sp³-hybridized carbons (Fsp3) is 0.625. The maximum absolute atomic E-state index is 12.2. The summed E-state index contributed by atoms with van der Waals surface area (Å²) >= 11 is 0. The van der Waals surface area contributed by atoms with Crippen LogP contribution in [0.25, 0.3) is 0 Å². The minimum atomic E-state index is -0.469. The van der Waals surface area contributed by atoms with Crippen LogP contribution < -0.4 is 4.74 Å². The van der Waals surface area contributed by atoms with Crippen molar-refractivity contribution in [1.82, 2.24) is 9.88 Å². The average Bonchev–Trinajstić information content (AvgIpc) is 2.83. The number of ether oxygens (including phenoxy) is 2. The van der Waals surface area contributed by atoms with Crippen molar-refractivity contribution in [1.29, 1.82) is 0 Å². The molecule has 116 valence electrons. The van der Waals surface area contributed by atoms with E-state index >= 15 is 0 Å². The molecule has 0 bridgehead atoms. The molecule has 1 unspecified atom stereocenters. The first kappa shape index (κ1) is 15.6. The van der Waals surface area contributed by atoms with Gasteiger partial charge in [-0.2, -0.15) is 0 Å². The predicted octanol–water partition coefficient (Wildman–Crippen LogP) is 3.17. The first-order valence-corrected chi connectivity index (χ1v) is 7.40. The van der Waals surface area contributed by atoms with Gasteiger partial charge < -0.3 is 14.4 Å². The Labute approximate surface area is 126 Å². The molecule has 2 rings (SSSR count). The molecular formula is C16H24N2O3. The van der Waals surface area contributed by atoms with Crippen LogP contribution in [0.15, 0.2) is 18.3 Å². The zero-order valence-corrected chi connectivity index (χ0v) is 13.3. The van der Waals surface area contributed by atoms with E-state index in [1.54, 1.807) is 11.1 Å². The van der Waals surface area contributed by atoms with E-state index in [1.165, 1.54) is 0 Å². The van der Waals surface area contributed by atoms with Crippen molar-refractivity contribution >= 4 is 6.09 Å². The molecule has 1 aliphatic heterocycles. The molecule has 1 aliphatic rings. The second-order valence-corrected chi connectivity index (χ2v) is 6.45. The number of pyridine rings is 1. The first-order valence-electron chi connectivity index (χ1n) is 7.40. The summed E-state index contributed by atoms with van der Waals surface area (Å²) in [5.74, 6) is 0.603. The fourth-order valence-corrected chi connectivity index (χ4v) is 2.34. The van der Waals surface area contributed by atoms with Crippen molar-refractivity contribution in [3.8, 4) is 5.88 Å². The molecule has 5 heteroatoms. The summed E-state index contributed by atoms with van der Waals surface area (Å²) in [6.07, 6.45) is 3.38. The normalized spacial score (nSPS) is 18.7. The van der Waals surface area contributed by atoms with Gasteiger partial charge in [-0.3, -0.25) is 0 Å². The molecule has 1 amide bonds. The summed E-state index contributed by atoms with van der Waals surface area (Å²) in [4.78, 5) is 18.1. The summed E-state index contributed by atoms with van der Waals surface area (Å²) < 4.78 is 11.2. The quantitative estimate of drug-likeness (QED) is 0.858. The molecule has 1 aromatic rings. The predicted molar refractivity (Wildman–Crippen MR) is 80.4 cm³/mol. The number of aryl methyl sites for hydroxylation is 1. The van der Waals surface area contributed by atoms with Crippen LogP contribution in [0.1, 0.15) is 39.2 Å². The van der Waals surface area contributed by atoms with E-state index in [-0.39, 0.29) is 12.1 Å². The molecular weight excluding hydrogens is 268 g/mol. The van der Waals surface area contributed by atoms with Gasteiger partial charge in [0.15, 0.2) is 0 Å². The van der Waals surface area contributed by atoms with Crippen molar-refractivity contribution < 1.29 is 14.3 Å². The van der Waals surface area contributed by atoms with Crippen LogP contribution in [0.4, 0.5) is 4.79 Å². The van der Waals surface area contributed by atoms with Crippen LogP contribution in [0.5, 0.6) is 5.88 Å². The second-order valence-electron chi connectivity index (χ2n) is 6.45. The van der Waals surface area contributed by atoms with Gasteiger partial charge in [0, 0.05) is 18.8 Å². The monoisotopic (exact) mass is 292 g/mol. The Morgan fingerprint density at radius 3 is 2.90 bits per heavy atom. The third kappa shape index (κ3) is 4.62. The van der Waals surface area contributed by atoms with Crippen molar-refractivity contribution in [3.63, 3.8) is 0 Å². The van der Waals surface area contributed by atoms with E-state index in [2.05, 4.69) is 4.98 Å².